The fourth-order valence-electron chi connectivity index (χ4n) is 3.07. The summed E-state index contributed by atoms with van der Waals surface area (Å²) in [6.45, 7) is -0.124. The molecular formula is C23H17FN2O3S. The molecule has 0 atom stereocenters. The van der Waals surface area contributed by atoms with E-state index in [0.29, 0.717) is 20.6 Å². The highest BCUT2D eigenvalue weighted by Crippen LogP contribution is 2.21. The number of carbonyl (C=O) groups excluding carboxylic acids is 2. The van der Waals surface area contributed by atoms with E-state index in [9.17, 15) is 14.0 Å². The molecule has 0 aliphatic rings. The molecule has 1 heterocycles. The van der Waals surface area contributed by atoms with Gasteiger partial charge in [0.05, 0.1) is 17.3 Å². The lowest BCUT2D eigenvalue weighted by Crippen LogP contribution is -2.22. The van der Waals surface area contributed by atoms with Crippen molar-refractivity contribution in [2.75, 3.05) is 7.11 Å². The molecule has 1 amide bonds. The molecule has 4 rings (SSSR count). The highest BCUT2D eigenvalue weighted by molar-refractivity contribution is 7.16. The van der Waals surface area contributed by atoms with Gasteiger partial charge in [0, 0.05) is 5.56 Å². The van der Waals surface area contributed by atoms with Crippen molar-refractivity contribution in [1.29, 1.82) is 0 Å². The molecule has 0 saturated heterocycles. The molecule has 5 nitrogen and oxygen atoms in total. The molecule has 0 N–H and O–H groups in total. The van der Waals surface area contributed by atoms with E-state index < -0.39 is 17.7 Å². The molecule has 1 aromatic heterocycles. The molecule has 0 radical (unpaired) electrons. The third-order valence-corrected chi connectivity index (χ3v) is 5.64. The Morgan fingerprint density at radius 3 is 2.40 bits per heavy atom. The van der Waals surface area contributed by atoms with Gasteiger partial charge >= 0.3 is 5.97 Å². The Kier molecular flexibility index (Phi) is 5.54. The third-order valence-electron chi connectivity index (χ3n) is 4.60. The van der Waals surface area contributed by atoms with E-state index >= 15 is 0 Å². The van der Waals surface area contributed by atoms with E-state index in [0.717, 1.165) is 22.5 Å². The predicted octanol–water partition coefficient (Wildman–Crippen LogP) is 4.42. The first kappa shape index (κ1) is 19.7. The second kappa shape index (κ2) is 8.42. The Bertz CT molecular complexity index is 1290. The lowest BCUT2D eigenvalue weighted by atomic mass is 10.0. The zero-order valence-corrected chi connectivity index (χ0v) is 16.9. The maximum absolute atomic E-state index is 13.6. The minimum atomic E-state index is -0.486. The smallest absolute Gasteiger partial charge is 0.325 e. The fraction of sp³-hybridized carbons (Fsp3) is 0.0870. The van der Waals surface area contributed by atoms with Gasteiger partial charge < -0.3 is 9.30 Å². The number of benzene rings is 3. The van der Waals surface area contributed by atoms with Crippen LogP contribution in [0, 0.1) is 5.82 Å². The van der Waals surface area contributed by atoms with Crippen molar-refractivity contribution in [2.24, 2.45) is 4.99 Å². The number of hydrogen-bond donors (Lipinski definition) is 0. The minimum absolute atomic E-state index is 0.124. The van der Waals surface area contributed by atoms with Crippen molar-refractivity contribution in [1.82, 2.24) is 4.57 Å². The van der Waals surface area contributed by atoms with Crippen LogP contribution in [0.4, 0.5) is 4.39 Å². The molecule has 4 aromatic rings. The van der Waals surface area contributed by atoms with Crippen LogP contribution in [-0.4, -0.2) is 23.6 Å². The van der Waals surface area contributed by atoms with E-state index in [2.05, 4.69) is 4.99 Å². The number of thiazole rings is 1. The summed E-state index contributed by atoms with van der Waals surface area (Å²) in [4.78, 5) is 29.1. The van der Waals surface area contributed by atoms with Crippen LogP contribution in [0.5, 0.6) is 0 Å². The van der Waals surface area contributed by atoms with E-state index in [1.165, 1.54) is 19.2 Å². The molecule has 150 valence electrons. The van der Waals surface area contributed by atoms with Crippen LogP contribution in [0.1, 0.15) is 10.4 Å². The first-order valence-electron chi connectivity index (χ1n) is 9.15. The van der Waals surface area contributed by atoms with Gasteiger partial charge in [-0.15, -0.1) is 0 Å². The van der Waals surface area contributed by atoms with Crippen LogP contribution in [-0.2, 0) is 16.1 Å². The van der Waals surface area contributed by atoms with E-state index in [1.54, 1.807) is 22.8 Å². The van der Waals surface area contributed by atoms with Crippen LogP contribution in [0.2, 0.25) is 0 Å². The summed E-state index contributed by atoms with van der Waals surface area (Å²) in [5.74, 6) is -1.33. The zero-order valence-electron chi connectivity index (χ0n) is 16.0. The number of ether oxygens (including phenoxy) is 1. The molecule has 7 heteroatoms. The molecule has 0 bridgehead atoms. The lowest BCUT2D eigenvalue weighted by Gasteiger charge is -2.04. The van der Waals surface area contributed by atoms with Crippen LogP contribution >= 0.6 is 11.3 Å². The van der Waals surface area contributed by atoms with Crippen molar-refractivity contribution in [3.63, 3.8) is 0 Å². The summed E-state index contributed by atoms with van der Waals surface area (Å²) < 4.78 is 20.5. The number of fused-ring (bicyclic) bond motifs is 1. The Hall–Kier alpha value is -3.58. The SMILES string of the molecule is COC(=O)Cn1c(=NC(=O)c2ccc(-c3ccccc3)cc2)sc2cc(F)ccc21. The normalized spacial score (nSPS) is 11.6. The Balaban J connectivity index is 1.72. The van der Waals surface area contributed by atoms with Gasteiger partial charge in [-0.05, 0) is 41.5 Å². The summed E-state index contributed by atoms with van der Waals surface area (Å²) in [6.07, 6.45) is 0. The molecule has 3 aromatic carbocycles. The average molecular weight is 420 g/mol. The second-order valence-electron chi connectivity index (χ2n) is 6.52. The minimum Gasteiger partial charge on any atom is -0.468 e. The maximum Gasteiger partial charge on any atom is 0.325 e. The van der Waals surface area contributed by atoms with Gasteiger partial charge in [0.25, 0.3) is 5.91 Å². The number of esters is 1. The van der Waals surface area contributed by atoms with Crippen LogP contribution in [0.15, 0.2) is 77.8 Å². The number of methoxy groups -OCH3 is 1. The van der Waals surface area contributed by atoms with Gasteiger partial charge in [-0.25, -0.2) is 4.39 Å². The molecule has 30 heavy (non-hydrogen) atoms. The molecule has 0 saturated carbocycles. The first-order valence-corrected chi connectivity index (χ1v) is 9.97. The molecule has 0 aliphatic carbocycles. The van der Waals surface area contributed by atoms with Crippen LogP contribution in [0.3, 0.4) is 0 Å². The Morgan fingerprint density at radius 1 is 1.00 bits per heavy atom. The van der Waals surface area contributed by atoms with Crippen LogP contribution < -0.4 is 4.80 Å². The molecule has 0 aliphatic heterocycles. The summed E-state index contributed by atoms with van der Waals surface area (Å²) in [6, 6.07) is 21.2. The highest BCUT2D eigenvalue weighted by atomic mass is 32.1. The van der Waals surface area contributed by atoms with Gasteiger partial charge in [0.1, 0.15) is 12.4 Å². The van der Waals surface area contributed by atoms with Gasteiger partial charge in [0.15, 0.2) is 4.80 Å². The Labute approximate surface area is 175 Å². The van der Waals surface area contributed by atoms with Gasteiger partial charge in [-0.1, -0.05) is 53.8 Å². The average Bonchev–Trinajstić information content (AvgIpc) is 3.10. The summed E-state index contributed by atoms with van der Waals surface area (Å²) in [7, 11) is 1.29. The third kappa shape index (κ3) is 4.06. The molecule has 0 spiro atoms. The standard InChI is InChI=1S/C23H17FN2O3S/c1-29-21(27)14-26-19-12-11-18(24)13-20(19)30-23(26)25-22(28)17-9-7-16(8-10-17)15-5-3-2-4-6-15/h2-13H,14H2,1H3. The van der Waals surface area contributed by atoms with Crippen LogP contribution in [0.25, 0.3) is 21.3 Å². The monoisotopic (exact) mass is 420 g/mol. The number of nitrogens with zero attached hydrogens (tertiary/aromatic N) is 2. The quantitative estimate of drug-likeness (QED) is 0.459. The van der Waals surface area contributed by atoms with Gasteiger partial charge in [0.2, 0.25) is 0 Å². The van der Waals surface area contributed by atoms with E-state index in [-0.39, 0.29) is 6.54 Å². The second-order valence-corrected chi connectivity index (χ2v) is 7.53. The van der Waals surface area contributed by atoms with Gasteiger partial charge in [-0.2, -0.15) is 4.99 Å². The molecule has 0 unspecified atom stereocenters. The van der Waals surface area contributed by atoms with Gasteiger partial charge in [-0.3, -0.25) is 9.59 Å². The number of aromatic nitrogens is 1. The van der Waals surface area contributed by atoms with Crippen molar-refractivity contribution >= 4 is 33.4 Å². The number of amides is 1. The number of rotatable bonds is 4. The highest BCUT2D eigenvalue weighted by Gasteiger charge is 2.13. The van der Waals surface area contributed by atoms with Crippen molar-refractivity contribution < 1.29 is 18.7 Å². The summed E-state index contributed by atoms with van der Waals surface area (Å²) in [5.41, 5.74) is 3.07. The number of hydrogen-bond acceptors (Lipinski definition) is 4. The van der Waals surface area contributed by atoms with Crippen molar-refractivity contribution in [3.05, 3.63) is 89.0 Å². The van der Waals surface area contributed by atoms with E-state index in [4.69, 9.17) is 4.74 Å². The number of carbonyl (C=O) groups is 2. The lowest BCUT2D eigenvalue weighted by molar-refractivity contribution is -0.141. The predicted molar refractivity (Wildman–Crippen MR) is 114 cm³/mol. The largest absolute Gasteiger partial charge is 0.468 e. The van der Waals surface area contributed by atoms with Crippen molar-refractivity contribution in [2.45, 2.75) is 6.54 Å². The van der Waals surface area contributed by atoms with Crippen molar-refractivity contribution in [3.8, 4) is 11.1 Å². The molecular weight excluding hydrogens is 403 g/mol. The maximum atomic E-state index is 13.6. The first-order chi connectivity index (χ1) is 14.5. The fourth-order valence-corrected chi connectivity index (χ4v) is 4.12. The zero-order chi connectivity index (χ0) is 21.1. The van der Waals surface area contributed by atoms with E-state index in [1.807, 2.05) is 42.5 Å². The summed E-state index contributed by atoms with van der Waals surface area (Å²) >= 11 is 1.14. The summed E-state index contributed by atoms with van der Waals surface area (Å²) in [5, 5.41) is 0. The topological polar surface area (TPSA) is 60.7 Å². The Morgan fingerprint density at radius 2 is 1.70 bits per heavy atom. The molecule has 0 fully saturated rings. The number of halogens is 1.